The number of pyridine rings is 1. The molecule has 4 heterocycles. The molecular weight excluding hydrogens is 470 g/mol. The van der Waals surface area contributed by atoms with E-state index < -0.39 is 23.2 Å². The Bertz CT molecular complexity index is 1130. The van der Waals surface area contributed by atoms with Gasteiger partial charge in [-0.05, 0) is 55.5 Å². The monoisotopic (exact) mass is 498 g/mol. The van der Waals surface area contributed by atoms with Crippen molar-refractivity contribution in [2.75, 3.05) is 26.2 Å². The lowest BCUT2D eigenvalue weighted by Crippen LogP contribution is -2.55. The lowest BCUT2D eigenvalue weighted by atomic mass is 9.75. The molecule has 1 aromatic carbocycles. The van der Waals surface area contributed by atoms with Crippen LogP contribution in [0.4, 0.5) is 13.6 Å². The number of carbonyl (C=O) groups excluding carboxylic acids is 3. The fourth-order valence-electron chi connectivity index (χ4n) is 5.57. The molecule has 1 aromatic heterocycles. The highest BCUT2D eigenvalue weighted by molar-refractivity contribution is 6.07. The van der Waals surface area contributed by atoms with Crippen LogP contribution in [0.3, 0.4) is 0 Å². The molecule has 0 bridgehead atoms. The summed E-state index contributed by atoms with van der Waals surface area (Å²) in [6, 6.07) is 7.88. The molecule has 0 spiro atoms. The second kappa shape index (κ2) is 9.93. The molecule has 10 heteroatoms. The number of carbonyl (C=O) groups is 3. The Morgan fingerprint density at radius 3 is 2.50 bits per heavy atom. The van der Waals surface area contributed by atoms with Gasteiger partial charge in [0, 0.05) is 37.9 Å². The number of hydrogen-bond acceptors (Lipinski definition) is 5. The van der Waals surface area contributed by atoms with Gasteiger partial charge in [0.25, 0.3) is 5.91 Å². The van der Waals surface area contributed by atoms with Gasteiger partial charge < -0.3 is 15.0 Å². The van der Waals surface area contributed by atoms with Crippen LogP contribution in [0, 0.1) is 17.6 Å². The number of imide groups is 1. The zero-order valence-electron chi connectivity index (χ0n) is 19.8. The third-order valence-corrected chi connectivity index (χ3v) is 7.35. The number of benzene rings is 1. The quantitative estimate of drug-likeness (QED) is 0.619. The predicted octanol–water partition coefficient (Wildman–Crippen LogP) is 2.77. The van der Waals surface area contributed by atoms with Gasteiger partial charge in [0.05, 0.1) is 24.8 Å². The number of likely N-dealkylation sites (tertiary alicyclic amines) is 1. The Morgan fingerprint density at radius 1 is 1.11 bits per heavy atom. The zero-order chi connectivity index (χ0) is 25.3. The van der Waals surface area contributed by atoms with E-state index >= 15 is 0 Å². The van der Waals surface area contributed by atoms with Crippen LogP contribution in [0.2, 0.25) is 0 Å². The molecule has 4 amide bonds. The number of nitrogens with one attached hydrogen (secondary N) is 1. The molecule has 0 saturated carbocycles. The van der Waals surface area contributed by atoms with Crippen molar-refractivity contribution in [1.82, 2.24) is 20.1 Å². The average Bonchev–Trinajstić information content (AvgIpc) is 3.47. The first kappa shape index (κ1) is 24.3. The number of piperidine rings is 1. The zero-order valence-corrected chi connectivity index (χ0v) is 19.8. The van der Waals surface area contributed by atoms with Crippen LogP contribution in [0.5, 0.6) is 0 Å². The van der Waals surface area contributed by atoms with E-state index in [2.05, 4.69) is 10.3 Å². The van der Waals surface area contributed by atoms with Crippen molar-refractivity contribution < 1.29 is 27.9 Å². The van der Waals surface area contributed by atoms with Gasteiger partial charge >= 0.3 is 6.03 Å². The maximum absolute atomic E-state index is 13.8. The fourth-order valence-corrected chi connectivity index (χ4v) is 5.57. The molecular formula is C26H28F2N4O4. The Morgan fingerprint density at radius 2 is 1.86 bits per heavy atom. The smallest absolute Gasteiger partial charge is 0.325 e. The number of hydrogen-bond donors (Lipinski definition) is 1. The van der Waals surface area contributed by atoms with E-state index in [1.807, 2.05) is 0 Å². The molecule has 2 atom stereocenters. The lowest BCUT2D eigenvalue weighted by Gasteiger charge is -2.40. The highest BCUT2D eigenvalue weighted by atomic mass is 19.1. The Balaban J connectivity index is 1.33. The second-order valence-corrected chi connectivity index (χ2v) is 9.61. The number of amides is 4. The van der Waals surface area contributed by atoms with Gasteiger partial charge in [-0.2, -0.15) is 0 Å². The molecule has 3 fully saturated rings. The molecule has 2 aromatic rings. The minimum Gasteiger partial charge on any atom is -0.376 e. The minimum absolute atomic E-state index is 0.116. The van der Waals surface area contributed by atoms with E-state index in [0.717, 1.165) is 31.0 Å². The van der Waals surface area contributed by atoms with Crippen LogP contribution in [0.15, 0.2) is 42.6 Å². The summed E-state index contributed by atoms with van der Waals surface area (Å²) < 4.78 is 32.7. The molecule has 0 unspecified atom stereocenters. The molecule has 0 aliphatic carbocycles. The van der Waals surface area contributed by atoms with Gasteiger partial charge in [-0.15, -0.1) is 0 Å². The highest BCUT2D eigenvalue weighted by Crippen LogP contribution is 2.41. The standard InChI is InChI=1S/C26H28F2N4O4/c27-19-12-17(13-20(28)15-19)14-23(33)31-9-6-18(7-10-31)26(22-5-1-2-8-29-22)24(34)32(25(35)30-26)16-21-4-3-11-36-21/h1-2,5,8,12-13,15,18,21H,3-4,6-7,9-11,14,16H2,(H,30,35)/t21-,26+/m1/s1. The third kappa shape index (κ3) is 4.57. The first-order valence-corrected chi connectivity index (χ1v) is 12.3. The molecule has 1 N–H and O–H groups in total. The maximum atomic E-state index is 13.8. The number of ether oxygens (including phenoxy) is 1. The van der Waals surface area contributed by atoms with Crippen LogP contribution in [0.1, 0.15) is 36.9 Å². The SMILES string of the molecule is O=C(Cc1cc(F)cc(F)c1)N1CCC([C@@]2(c3ccccn3)NC(=O)N(C[C@H]3CCCO3)C2=O)CC1. The molecule has 3 saturated heterocycles. The van der Waals surface area contributed by atoms with Gasteiger partial charge in [-0.25, -0.2) is 13.6 Å². The molecule has 190 valence electrons. The number of nitrogens with zero attached hydrogens (tertiary/aromatic N) is 3. The van der Waals surface area contributed by atoms with E-state index in [1.54, 1.807) is 29.3 Å². The van der Waals surface area contributed by atoms with Crippen molar-refractivity contribution in [3.05, 3.63) is 65.5 Å². The summed E-state index contributed by atoms with van der Waals surface area (Å²) in [6.07, 6.45) is 3.91. The van der Waals surface area contributed by atoms with Crippen molar-refractivity contribution in [3.63, 3.8) is 0 Å². The first-order chi connectivity index (χ1) is 17.4. The summed E-state index contributed by atoms with van der Waals surface area (Å²) in [4.78, 5) is 47.0. The first-order valence-electron chi connectivity index (χ1n) is 12.3. The molecule has 3 aliphatic rings. The lowest BCUT2D eigenvalue weighted by molar-refractivity contribution is -0.137. The number of aromatic nitrogens is 1. The van der Waals surface area contributed by atoms with Crippen LogP contribution in [0.25, 0.3) is 0 Å². The van der Waals surface area contributed by atoms with E-state index in [9.17, 15) is 23.2 Å². The van der Waals surface area contributed by atoms with Crippen LogP contribution in [-0.2, 0) is 26.3 Å². The van der Waals surface area contributed by atoms with Crippen molar-refractivity contribution in [2.45, 2.75) is 43.7 Å². The topological polar surface area (TPSA) is 91.8 Å². The van der Waals surface area contributed by atoms with Gasteiger partial charge in [0.2, 0.25) is 5.91 Å². The van der Waals surface area contributed by atoms with Gasteiger partial charge in [-0.3, -0.25) is 19.5 Å². The third-order valence-electron chi connectivity index (χ3n) is 7.35. The summed E-state index contributed by atoms with van der Waals surface area (Å²) in [5.74, 6) is -2.32. The number of halogens is 2. The summed E-state index contributed by atoms with van der Waals surface area (Å²) in [6.45, 7) is 1.52. The largest absolute Gasteiger partial charge is 0.376 e. The Kier molecular flexibility index (Phi) is 6.70. The summed E-state index contributed by atoms with van der Waals surface area (Å²) in [5, 5.41) is 2.96. The van der Waals surface area contributed by atoms with Crippen LogP contribution >= 0.6 is 0 Å². The molecule has 0 radical (unpaired) electrons. The average molecular weight is 499 g/mol. The molecule has 5 rings (SSSR count). The number of rotatable bonds is 6. The van der Waals surface area contributed by atoms with Crippen LogP contribution < -0.4 is 5.32 Å². The molecule has 8 nitrogen and oxygen atoms in total. The van der Waals surface area contributed by atoms with Gasteiger partial charge in [0.15, 0.2) is 5.54 Å². The van der Waals surface area contributed by atoms with Gasteiger partial charge in [0.1, 0.15) is 11.6 Å². The van der Waals surface area contributed by atoms with E-state index in [-0.39, 0.29) is 42.4 Å². The van der Waals surface area contributed by atoms with Crippen molar-refractivity contribution in [2.24, 2.45) is 5.92 Å². The van der Waals surface area contributed by atoms with Crippen LogP contribution in [-0.4, -0.2) is 65.0 Å². The van der Waals surface area contributed by atoms with E-state index in [0.29, 0.717) is 38.2 Å². The number of urea groups is 1. The second-order valence-electron chi connectivity index (χ2n) is 9.61. The van der Waals surface area contributed by atoms with E-state index in [4.69, 9.17) is 4.74 Å². The highest BCUT2D eigenvalue weighted by Gasteiger charge is 2.58. The Labute approximate surface area is 207 Å². The summed E-state index contributed by atoms with van der Waals surface area (Å²) >= 11 is 0. The summed E-state index contributed by atoms with van der Waals surface area (Å²) in [7, 11) is 0. The minimum atomic E-state index is -1.32. The predicted molar refractivity (Wildman–Crippen MR) is 124 cm³/mol. The summed E-state index contributed by atoms with van der Waals surface area (Å²) in [5.41, 5.74) is -0.580. The molecule has 36 heavy (non-hydrogen) atoms. The van der Waals surface area contributed by atoms with Gasteiger partial charge in [-0.1, -0.05) is 6.07 Å². The maximum Gasteiger partial charge on any atom is 0.325 e. The van der Waals surface area contributed by atoms with Crippen molar-refractivity contribution >= 4 is 17.8 Å². The molecule has 3 aliphatic heterocycles. The Hall–Kier alpha value is -3.40. The fraction of sp³-hybridized carbons (Fsp3) is 0.462. The van der Waals surface area contributed by atoms with Crippen molar-refractivity contribution in [3.8, 4) is 0 Å². The van der Waals surface area contributed by atoms with Crippen molar-refractivity contribution in [1.29, 1.82) is 0 Å². The normalized spacial score (nSPS) is 24.9. The van der Waals surface area contributed by atoms with E-state index in [1.165, 1.54) is 4.90 Å².